The Balaban J connectivity index is 2.55. The standard InChI is InChI=1S/C12H20BrNOS/c1-4-10(2)14(7-8-15-3)9-11-5-6-12(13)16-11/h5-6,10H,4,7-9H2,1-3H3. The number of thiophene rings is 1. The average Bonchev–Trinajstić information content (AvgIpc) is 2.69. The molecule has 1 rings (SSSR count). The first-order valence-corrected chi connectivity index (χ1v) is 7.25. The first kappa shape index (κ1) is 14.2. The highest BCUT2D eigenvalue weighted by Crippen LogP contribution is 2.24. The highest BCUT2D eigenvalue weighted by molar-refractivity contribution is 9.11. The van der Waals surface area contributed by atoms with Gasteiger partial charge in [0.1, 0.15) is 0 Å². The first-order chi connectivity index (χ1) is 7.67. The topological polar surface area (TPSA) is 12.5 Å². The van der Waals surface area contributed by atoms with E-state index < -0.39 is 0 Å². The molecule has 0 saturated carbocycles. The molecule has 0 aliphatic carbocycles. The molecule has 1 aromatic heterocycles. The summed E-state index contributed by atoms with van der Waals surface area (Å²) in [5, 5.41) is 0. The molecule has 1 unspecified atom stereocenters. The molecule has 0 aromatic carbocycles. The van der Waals surface area contributed by atoms with Crippen molar-refractivity contribution in [3.05, 3.63) is 20.8 Å². The molecule has 1 atom stereocenters. The van der Waals surface area contributed by atoms with E-state index in [-0.39, 0.29) is 0 Å². The molecular formula is C12H20BrNOS. The Kier molecular flexibility index (Phi) is 6.58. The van der Waals surface area contributed by atoms with Crippen LogP contribution in [0.4, 0.5) is 0 Å². The SMILES string of the molecule is CCC(C)N(CCOC)Cc1ccc(Br)s1. The summed E-state index contributed by atoms with van der Waals surface area (Å²) >= 11 is 5.32. The summed E-state index contributed by atoms with van der Waals surface area (Å²) in [5.41, 5.74) is 0. The largest absolute Gasteiger partial charge is 0.383 e. The van der Waals surface area contributed by atoms with E-state index in [1.54, 1.807) is 7.11 Å². The van der Waals surface area contributed by atoms with Crippen LogP contribution in [0.25, 0.3) is 0 Å². The van der Waals surface area contributed by atoms with Gasteiger partial charge in [-0.2, -0.15) is 0 Å². The molecule has 0 fully saturated rings. The second-order valence-corrected chi connectivity index (χ2v) is 6.47. The molecule has 0 aliphatic rings. The predicted molar refractivity (Wildman–Crippen MR) is 74.1 cm³/mol. The Morgan fingerprint density at radius 3 is 2.75 bits per heavy atom. The highest BCUT2D eigenvalue weighted by atomic mass is 79.9. The summed E-state index contributed by atoms with van der Waals surface area (Å²) in [7, 11) is 1.76. The molecular weight excluding hydrogens is 286 g/mol. The number of methoxy groups -OCH3 is 1. The molecule has 4 heteroatoms. The van der Waals surface area contributed by atoms with Crippen molar-refractivity contribution in [2.45, 2.75) is 32.9 Å². The maximum atomic E-state index is 5.16. The zero-order valence-electron chi connectivity index (χ0n) is 10.2. The van der Waals surface area contributed by atoms with E-state index in [1.807, 2.05) is 11.3 Å². The molecule has 0 aliphatic heterocycles. The second-order valence-electron chi connectivity index (χ2n) is 3.93. The summed E-state index contributed by atoms with van der Waals surface area (Å²) in [6.07, 6.45) is 1.18. The van der Waals surface area contributed by atoms with Crippen LogP contribution in [0, 0.1) is 0 Å². The molecule has 1 heterocycles. The third kappa shape index (κ3) is 4.53. The average molecular weight is 306 g/mol. The van der Waals surface area contributed by atoms with E-state index in [0.29, 0.717) is 6.04 Å². The Bertz CT molecular complexity index is 303. The van der Waals surface area contributed by atoms with Gasteiger partial charge < -0.3 is 4.74 Å². The Hall–Kier alpha value is 0.1000. The normalized spacial score (nSPS) is 13.3. The van der Waals surface area contributed by atoms with Gasteiger partial charge in [0.25, 0.3) is 0 Å². The smallest absolute Gasteiger partial charge is 0.0701 e. The van der Waals surface area contributed by atoms with Crippen LogP contribution in [0.15, 0.2) is 15.9 Å². The molecule has 0 radical (unpaired) electrons. The van der Waals surface area contributed by atoms with Crippen LogP contribution in [0.2, 0.25) is 0 Å². The quantitative estimate of drug-likeness (QED) is 0.760. The van der Waals surface area contributed by atoms with Crippen LogP contribution in [0.1, 0.15) is 25.1 Å². The molecule has 0 amide bonds. The van der Waals surface area contributed by atoms with Crippen molar-refractivity contribution in [1.29, 1.82) is 0 Å². The third-order valence-corrected chi connectivity index (χ3v) is 4.39. The van der Waals surface area contributed by atoms with Gasteiger partial charge >= 0.3 is 0 Å². The summed E-state index contributed by atoms with van der Waals surface area (Å²) < 4.78 is 6.37. The van der Waals surface area contributed by atoms with E-state index in [9.17, 15) is 0 Å². The number of nitrogens with zero attached hydrogens (tertiary/aromatic N) is 1. The third-order valence-electron chi connectivity index (χ3n) is 2.78. The van der Waals surface area contributed by atoms with E-state index in [0.717, 1.165) is 19.7 Å². The van der Waals surface area contributed by atoms with Crippen molar-refractivity contribution >= 4 is 27.3 Å². The Morgan fingerprint density at radius 2 is 2.25 bits per heavy atom. The van der Waals surface area contributed by atoms with Gasteiger partial charge in [-0.05, 0) is 41.4 Å². The fourth-order valence-corrected chi connectivity index (χ4v) is 3.07. The molecule has 0 spiro atoms. The van der Waals surface area contributed by atoms with Crippen molar-refractivity contribution in [3.8, 4) is 0 Å². The maximum Gasteiger partial charge on any atom is 0.0701 e. The van der Waals surface area contributed by atoms with Gasteiger partial charge in [-0.15, -0.1) is 11.3 Å². The summed E-state index contributed by atoms with van der Waals surface area (Å²) in [6, 6.07) is 4.92. The second kappa shape index (κ2) is 7.43. The minimum atomic E-state index is 0.607. The van der Waals surface area contributed by atoms with Gasteiger partial charge in [0.2, 0.25) is 0 Å². The molecule has 1 aromatic rings. The number of rotatable bonds is 7. The van der Waals surface area contributed by atoms with E-state index in [2.05, 4.69) is 46.8 Å². The molecule has 0 N–H and O–H groups in total. The zero-order chi connectivity index (χ0) is 12.0. The van der Waals surface area contributed by atoms with Crippen molar-refractivity contribution < 1.29 is 4.74 Å². The fraction of sp³-hybridized carbons (Fsp3) is 0.667. The minimum absolute atomic E-state index is 0.607. The van der Waals surface area contributed by atoms with Gasteiger partial charge in [0.15, 0.2) is 0 Å². The van der Waals surface area contributed by atoms with Crippen molar-refractivity contribution in [1.82, 2.24) is 4.90 Å². The van der Waals surface area contributed by atoms with Crippen molar-refractivity contribution in [3.63, 3.8) is 0 Å². The lowest BCUT2D eigenvalue weighted by Gasteiger charge is -2.27. The van der Waals surface area contributed by atoms with Crippen LogP contribution in [-0.2, 0) is 11.3 Å². The molecule has 92 valence electrons. The minimum Gasteiger partial charge on any atom is -0.383 e. The highest BCUT2D eigenvalue weighted by Gasteiger charge is 2.13. The first-order valence-electron chi connectivity index (χ1n) is 5.64. The lowest BCUT2D eigenvalue weighted by Crippen LogP contribution is -2.34. The van der Waals surface area contributed by atoms with Crippen LogP contribution in [-0.4, -0.2) is 31.2 Å². The van der Waals surface area contributed by atoms with E-state index in [1.165, 1.54) is 15.1 Å². The lowest BCUT2D eigenvalue weighted by atomic mass is 10.2. The van der Waals surface area contributed by atoms with Gasteiger partial charge in [-0.1, -0.05) is 6.92 Å². The summed E-state index contributed by atoms with van der Waals surface area (Å²) in [4.78, 5) is 3.88. The lowest BCUT2D eigenvalue weighted by molar-refractivity contribution is 0.119. The number of halogens is 1. The van der Waals surface area contributed by atoms with Crippen LogP contribution >= 0.6 is 27.3 Å². The summed E-state index contributed by atoms with van der Waals surface area (Å²) in [6.45, 7) is 7.33. The van der Waals surface area contributed by atoms with Crippen LogP contribution in [0.5, 0.6) is 0 Å². The predicted octanol–water partition coefficient (Wildman–Crippen LogP) is 3.76. The maximum absolute atomic E-state index is 5.16. The molecule has 0 saturated heterocycles. The molecule has 0 bridgehead atoms. The van der Waals surface area contributed by atoms with Crippen LogP contribution < -0.4 is 0 Å². The van der Waals surface area contributed by atoms with Crippen molar-refractivity contribution in [2.75, 3.05) is 20.3 Å². The van der Waals surface area contributed by atoms with Gasteiger partial charge in [-0.25, -0.2) is 0 Å². The molecule has 2 nitrogen and oxygen atoms in total. The van der Waals surface area contributed by atoms with Gasteiger partial charge in [0, 0.05) is 31.1 Å². The Morgan fingerprint density at radius 1 is 1.50 bits per heavy atom. The van der Waals surface area contributed by atoms with Gasteiger partial charge in [-0.3, -0.25) is 4.90 Å². The van der Waals surface area contributed by atoms with E-state index in [4.69, 9.17) is 4.74 Å². The van der Waals surface area contributed by atoms with Gasteiger partial charge in [0.05, 0.1) is 10.4 Å². The number of hydrogen-bond donors (Lipinski definition) is 0. The number of hydrogen-bond acceptors (Lipinski definition) is 3. The van der Waals surface area contributed by atoms with E-state index >= 15 is 0 Å². The van der Waals surface area contributed by atoms with Crippen molar-refractivity contribution in [2.24, 2.45) is 0 Å². The monoisotopic (exact) mass is 305 g/mol. The fourth-order valence-electron chi connectivity index (χ4n) is 1.56. The molecule has 16 heavy (non-hydrogen) atoms. The Labute approximate surface area is 111 Å². The van der Waals surface area contributed by atoms with Crippen LogP contribution in [0.3, 0.4) is 0 Å². The summed E-state index contributed by atoms with van der Waals surface area (Å²) in [5.74, 6) is 0. The number of ether oxygens (including phenoxy) is 1. The zero-order valence-corrected chi connectivity index (χ0v) is 12.6.